The fourth-order valence-corrected chi connectivity index (χ4v) is 5.31. The van der Waals surface area contributed by atoms with Gasteiger partial charge in [0.25, 0.3) is 5.91 Å². The van der Waals surface area contributed by atoms with Gasteiger partial charge < -0.3 is 10.1 Å². The summed E-state index contributed by atoms with van der Waals surface area (Å²) in [6, 6.07) is 20.3. The lowest BCUT2D eigenvalue weighted by Gasteiger charge is -2.30. The van der Waals surface area contributed by atoms with Crippen LogP contribution in [-0.4, -0.2) is 30.1 Å². The Kier molecular flexibility index (Phi) is 5.17. The van der Waals surface area contributed by atoms with E-state index in [1.165, 1.54) is 11.8 Å². The van der Waals surface area contributed by atoms with Gasteiger partial charge in [-0.3, -0.25) is 14.5 Å². The summed E-state index contributed by atoms with van der Waals surface area (Å²) < 4.78 is 5.33. The summed E-state index contributed by atoms with van der Waals surface area (Å²) in [7, 11) is 0. The first-order chi connectivity index (χ1) is 15.1. The van der Waals surface area contributed by atoms with Crippen LogP contribution in [0, 0.1) is 0 Å². The number of benzene rings is 3. The highest BCUT2D eigenvalue weighted by Crippen LogP contribution is 2.47. The smallest absolute Gasteiger partial charge is 0.338 e. The SMILES string of the molecule is O=C1CSc2ccc(C(=O)OCC(=O)N3c4ccccc4Sc4ccccc43)cc2N1. The molecule has 2 aliphatic rings. The van der Waals surface area contributed by atoms with Crippen LogP contribution in [0.3, 0.4) is 0 Å². The van der Waals surface area contributed by atoms with E-state index in [1.807, 2.05) is 48.5 Å². The average Bonchev–Trinajstić information content (AvgIpc) is 2.80. The van der Waals surface area contributed by atoms with Gasteiger partial charge in [0.05, 0.1) is 28.4 Å². The molecular weight excluding hydrogens is 432 g/mol. The number of rotatable bonds is 3. The summed E-state index contributed by atoms with van der Waals surface area (Å²) >= 11 is 3.01. The van der Waals surface area contributed by atoms with E-state index in [-0.39, 0.29) is 17.4 Å². The van der Waals surface area contributed by atoms with Crippen LogP contribution in [0.1, 0.15) is 10.4 Å². The maximum atomic E-state index is 13.1. The molecule has 0 radical (unpaired) electrons. The molecule has 0 aliphatic carbocycles. The number of esters is 1. The summed E-state index contributed by atoms with van der Waals surface area (Å²) in [6.45, 7) is -0.398. The van der Waals surface area contributed by atoms with Gasteiger partial charge in [0.1, 0.15) is 0 Å². The Balaban J connectivity index is 1.35. The maximum absolute atomic E-state index is 13.1. The van der Waals surface area contributed by atoms with Crippen molar-refractivity contribution in [2.75, 3.05) is 22.6 Å². The first-order valence-corrected chi connectivity index (χ1v) is 11.3. The van der Waals surface area contributed by atoms with E-state index in [4.69, 9.17) is 4.74 Å². The normalized spacial score (nSPS) is 14.1. The van der Waals surface area contributed by atoms with Crippen LogP contribution in [0.5, 0.6) is 0 Å². The van der Waals surface area contributed by atoms with Gasteiger partial charge in [0.15, 0.2) is 6.61 Å². The molecule has 154 valence electrons. The number of hydrogen-bond acceptors (Lipinski definition) is 6. The van der Waals surface area contributed by atoms with Crippen LogP contribution in [0.15, 0.2) is 81.4 Å². The number of hydrogen-bond donors (Lipinski definition) is 1. The average molecular weight is 449 g/mol. The molecular formula is C23H16N2O4S2. The molecule has 0 unspecified atom stereocenters. The Labute approximate surface area is 187 Å². The molecule has 2 aliphatic heterocycles. The Morgan fingerprint density at radius 2 is 1.61 bits per heavy atom. The first-order valence-electron chi connectivity index (χ1n) is 9.53. The molecule has 3 aromatic carbocycles. The van der Waals surface area contributed by atoms with Gasteiger partial charge >= 0.3 is 5.97 Å². The second-order valence-corrected chi connectivity index (χ2v) is 8.99. The number of para-hydroxylation sites is 2. The summed E-state index contributed by atoms with van der Waals surface area (Å²) in [4.78, 5) is 41.7. The maximum Gasteiger partial charge on any atom is 0.338 e. The van der Waals surface area contributed by atoms with E-state index >= 15 is 0 Å². The van der Waals surface area contributed by atoms with Crippen molar-refractivity contribution >= 4 is 58.4 Å². The molecule has 0 spiro atoms. The molecule has 6 nitrogen and oxygen atoms in total. The fraction of sp³-hybridized carbons (Fsp3) is 0.0870. The summed E-state index contributed by atoms with van der Waals surface area (Å²) in [5, 5.41) is 2.75. The predicted octanol–water partition coefficient (Wildman–Crippen LogP) is 4.72. The third-order valence-corrected chi connectivity index (χ3v) is 7.06. The molecule has 8 heteroatoms. The Morgan fingerprint density at radius 3 is 2.32 bits per heavy atom. The number of carbonyl (C=O) groups excluding carboxylic acids is 3. The molecule has 0 bridgehead atoms. The van der Waals surface area contributed by atoms with Gasteiger partial charge in [-0.1, -0.05) is 36.0 Å². The number of amides is 2. The van der Waals surface area contributed by atoms with Crippen LogP contribution >= 0.6 is 23.5 Å². The molecule has 0 fully saturated rings. The van der Waals surface area contributed by atoms with E-state index in [9.17, 15) is 14.4 Å². The molecule has 5 rings (SSSR count). The highest BCUT2D eigenvalue weighted by atomic mass is 32.2. The minimum absolute atomic E-state index is 0.113. The molecule has 0 saturated carbocycles. The van der Waals surface area contributed by atoms with Gasteiger partial charge in [-0.05, 0) is 42.5 Å². The number of nitrogens with one attached hydrogen (secondary N) is 1. The van der Waals surface area contributed by atoms with Crippen LogP contribution in [0.25, 0.3) is 0 Å². The standard InChI is InChI=1S/C23H16N2O4S2/c26-21-13-30-18-10-9-14(11-15(18)24-21)23(28)29-12-22(27)25-16-5-1-3-7-19(16)31-20-8-4-2-6-17(20)25/h1-11H,12-13H2,(H,24,26). The molecule has 0 atom stereocenters. The highest BCUT2D eigenvalue weighted by molar-refractivity contribution is 8.00. The number of ether oxygens (including phenoxy) is 1. The summed E-state index contributed by atoms with van der Waals surface area (Å²) in [5.41, 5.74) is 2.39. The second kappa shape index (κ2) is 8.13. The number of nitrogens with zero attached hydrogens (tertiary/aromatic N) is 1. The van der Waals surface area contributed by atoms with E-state index < -0.39 is 12.6 Å². The lowest BCUT2D eigenvalue weighted by atomic mass is 10.2. The Bertz CT molecular complexity index is 1180. The minimum atomic E-state index is -0.617. The third kappa shape index (κ3) is 3.80. The van der Waals surface area contributed by atoms with Crippen molar-refractivity contribution in [1.29, 1.82) is 0 Å². The van der Waals surface area contributed by atoms with Crippen molar-refractivity contribution in [3.05, 3.63) is 72.3 Å². The number of fused-ring (bicyclic) bond motifs is 3. The molecule has 3 aromatic rings. The van der Waals surface area contributed by atoms with Gasteiger partial charge in [0, 0.05) is 14.7 Å². The van der Waals surface area contributed by atoms with Crippen molar-refractivity contribution < 1.29 is 19.1 Å². The molecule has 2 amide bonds. The van der Waals surface area contributed by atoms with Gasteiger partial charge in [-0.2, -0.15) is 0 Å². The lowest BCUT2D eigenvalue weighted by molar-refractivity contribution is -0.121. The number of anilines is 3. The zero-order valence-electron chi connectivity index (χ0n) is 16.2. The van der Waals surface area contributed by atoms with E-state index in [0.29, 0.717) is 11.4 Å². The zero-order valence-corrected chi connectivity index (χ0v) is 17.8. The molecule has 1 N–H and O–H groups in total. The van der Waals surface area contributed by atoms with Gasteiger partial charge in [0.2, 0.25) is 5.91 Å². The van der Waals surface area contributed by atoms with Gasteiger partial charge in [-0.25, -0.2) is 4.79 Å². The quantitative estimate of drug-likeness (QED) is 0.585. The van der Waals surface area contributed by atoms with Crippen molar-refractivity contribution in [1.82, 2.24) is 0 Å². The fourth-order valence-electron chi connectivity index (χ4n) is 3.46. The highest BCUT2D eigenvalue weighted by Gasteiger charge is 2.28. The van der Waals surface area contributed by atoms with Crippen molar-refractivity contribution in [3.8, 4) is 0 Å². The van der Waals surface area contributed by atoms with Crippen molar-refractivity contribution in [3.63, 3.8) is 0 Å². The zero-order chi connectivity index (χ0) is 21.4. The number of carbonyl (C=O) groups is 3. The van der Waals surface area contributed by atoms with Crippen molar-refractivity contribution in [2.24, 2.45) is 0 Å². The van der Waals surface area contributed by atoms with Gasteiger partial charge in [-0.15, -0.1) is 11.8 Å². The Morgan fingerprint density at radius 1 is 0.935 bits per heavy atom. The van der Waals surface area contributed by atoms with Crippen LogP contribution in [0.4, 0.5) is 17.1 Å². The lowest BCUT2D eigenvalue weighted by Crippen LogP contribution is -2.32. The molecule has 0 saturated heterocycles. The predicted molar refractivity (Wildman–Crippen MR) is 120 cm³/mol. The topological polar surface area (TPSA) is 75.7 Å². The van der Waals surface area contributed by atoms with Crippen LogP contribution in [-0.2, 0) is 14.3 Å². The van der Waals surface area contributed by atoms with Crippen LogP contribution in [0.2, 0.25) is 0 Å². The third-order valence-electron chi connectivity index (χ3n) is 4.86. The summed E-state index contributed by atoms with van der Waals surface area (Å²) in [5.74, 6) is -0.717. The molecule has 2 heterocycles. The van der Waals surface area contributed by atoms with E-state index in [0.717, 1.165) is 26.1 Å². The molecule has 0 aromatic heterocycles. The second-order valence-electron chi connectivity index (χ2n) is 6.89. The largest absolute Gasteiger partial charge is 0.452 e. The molecule has 31 heavy (non-hydrogen) atoms. The minimum Gasteiger partial charge on any atom is -0.452 e. The summed E-state index contributed by atoms with van der Waals surface area (Å²) in [6.07, 6.45) is 0. The van der Waals surface area contributed by atoms with Crippen molar-refractivity contribution in [2.45, 2.75) is 14.7 Å². The Hall–Kier alpha value is -3.23. The van der Waals surface area contributed by atoms with E-state index in [2.05, 4.69) is 5.32 Å². The number of thioether (sulfide) groups is 1. The first kappa shape index (κ1) is 19.7. The van der Waals surface area contributed by atoms with Crippen LogP contribution < -0.4 is 10.2 Å². The van der Waals surface area contributed by atoms with E-state index in [1.54, 1.807) is 34.9 Å². The monoisotopic (exact) mass is 448 g/mol.